The van der Waals surface area contributed by atoms with Crippen molar-refractivity contribution in [2.24, 2.45) is 0 Å². The van der Waals surface area contributed by atoms with Crippen LogP contribution in [0.3, 0.4) is 0 Å². The molecular formula is C17H20N4O2. The molecule has 0 aliphatic rings. The summed E-state index contributed by atoms with van der Waals surface area (Å²) in [6.45, 7) is 4.72. The van der Waals surface area contributed by atoms with Crippen molar-refractivity contribution in [3.63, 3.8) is 0 Å². The molecule has 0 unspecified atom stereocenters. The molecule has 2 aromatic rings. The summed E-state index contributed by atoms with van der Waals surface area (Å²) in [7, 11) is 0. The number of rotatable bonds is 5. The number of anilines is 1. The number of amides is 3. The van der Waals surface area contributed by atoms with E-state index >= 15 is 0 Å². The van der Waals surface area contributed by atoms with Gasteiger partial charge in [-0.1, -0.05) is 0 Å². The molecule has 0 radical (unpaired) electrons. The van der Waals surface area contributed by atoms with E-state index in [1.165, 1.54) is 0 Å². The van der Waals surface area contributed by atoms with E-state index in [9.17, 15) is 9.59 Å². The van der Waals surface area contributed by atoms with Crippen molar-refractivity contribution in [2.45, 2.75) is 20.4 Å². The maximum atomic E-state index is 11.9. The quantitative estimate of drug-likeness (QED) is 0.793. The smallest absolute Gasteiger partial charge is 0.319 e. The predicted octanol–water partition coefficient (Wildman–Crippen LogP) is 2.46. The zero-order valence-electron chi connectivity index (χ0n) is 13.2. The number of hydrogen-bond donors (Lipinski definition) is 3. The van der Waals surface area contributed by atoms with Crippen LogP contribution in [-0.4, -0.2) is 23.5 Å². The van der Waals surface area contributed by atoms with Crippen LogP contribution in [-0.2, 0) is 6.54 Å². The number of pyridine rings is 1. The normalized spacial score (nSPS) is 10.0. The molecule has 3 amide bonds. The summed E-state index contributed by atoms with van der Waals surface area (Å²) < 4.78 is 0. The van der Waals surface area contributed by atoms with Crippen molar-refractivity contribution in [3.05, 3.63) is 59.4 Å². The Morgan fingerprint density at radius 2 is 1.83 bits per heavy atom. The minimum atomic E-state index is -0.296. The first kappa shape index (κ1) is 16.5. The van der Waals surface area contributed by atoms with E-state index in [4.69, 9.17) is 0 Å². The van der Waals surface area contributed by atoms with Gasteiger partial charge in [-0.25, -0.2) is 4.79 Å². The van der Waals surface area contributed by atoms with Crippen LogP contribution >= 0.6 is 0 Å². The molecule has 0 saturated carbocycles. The van der Waals surface area contributed by atoms with E-state index in [1.807, 2.05) is 26.0 Å². The zero-order chi connectivity index (χ0) is 16.7. The molecule has 1 heterocycles. The fraction of sp³-hybridized carbons (Fsp3) is 0.235. The Balaban J connectivity index is 1.94. The summed E-state index contributed by atoms with van der Waals surface area (Å²) in [5, 5.41) is 8.30. The molecule has 0 spiro atoms. The van der Waals surface area contributed by atoms with Gasteiger partial charge in [-0.3, -0.25) is 9.78 Å². The number of carbonyl (C=O) groups excluding carboxylic acids is 2. The molecule has 3 N–H and O–H groups in total. The Labute approximate surface area is 135 Å². The van der Waals surface area contributed by atoms with Crippen molar-refractivity contribution in [1.82, 2.24) is 15.6 Å². The number of carbonyl (C=O) groups is 2. The summed E-state index contributed by atoms with van der Waals surface area (Å²) in [5.74, 6) is -0.121. The Kier molecular flexibility index (Phi) is 5.68. The lowest BCUT2D eigenvalue weighted by atomic mass is 10.1. The van der Waals surface area contributed by atoms with E-state index in [2.05, 4.69) is 20.9 Å². The molecule has 0 fully saturated rings. The molecule has 120 valence electrons. The summed E-state index contributed by atoms with van der Waals surface area (Å²) in [4.78, 5) is 27.6. The minimum absolute atomic E-state index is 0.121. The van der Waals surface area contributed by atoms with Crippen LogP contribution in [0.15, 0.2) is 42.7 Å². The second kappa shape index (κ2) is 7.93. The number of urea groups is 1. The maximum absolute atomic E-state index is 11.9. The monoisotopic (exact) mass is 312 g/mol. The first-order valence-electron chi connectivity index (χ1n) is 7.42. The number of benzene rings is 1. The average molecular weight is 312 g/mol. The fourth-order valence-electron chi connectivity index (χ4n) is 2.06. The highest BCUT2D eigenvalue weighted by atomic mass is 16.2. The Hall–Kier alpha value is -2.89. The number of hydrogen-bond acceptors (Lipinski definition) is 3. The molecule has 0 bridgehead atoms. The van der Waals surface area contributed by atoms with E-state index in [1.54, 1.807) is 30.6 Å². The molecule has 0 aliphatic heterocycles. The maximum Gasteiger partial charge on any atom is 0.319 e. The van der Waals surface area contributed by atoms with Gasteiger partial charge < -0.3 is 16.0 Å². The van der Waals surface area contributed by atoms with Gasteiger partial charge in [0.15, 0.2) is 0 Å². The zero-order valence-corrected chi connectivity index (χ0v) is 13.2. The first-order valence-corrected chi connectivity index (χ1v) is 7.42. The van der Waals surface area contributed by atoms with Crippen molar-refractivity contribution in [1.29, 1.82) is 0 Å². The van der Waals surface area contributed by atoms with E-state index in [0.29, 0.717) is 24.3 Å². The summed E-state index contributed by atoms with van der Waals surface area (Å²) in [6.07, 6.45) is 3.36. The van der Waals surface area contributed by atoms with Gasteiger partial charge in [0.1, 0.15) is 0 Å². The van der Waals surface area contributed by atoms with E-state index < -0.39 is 0 Å². The Morgan fingerprint density at radius 3 is 2.48 bits per heavy atom. The first-order chi connectivity index (χ1) is 11.1. The highest BCUT2D eigenvalue weighted by Crippen LogP contribution is 2.16. The van der Waals surface area contributed by atoms with Gasteiger partial charge in [-0.15, -0.1) is 0 Å². The van der Waals surface area contributed by atoms with Gasteiger partial charge in [0.25, 0.3) is 5.91 Å². The van der Waals surface area contributed by atoms with Gasteiger partial charge in [0.05, 0.1) is 0 Å². The Morgan fingerprint density at radius 1 is 1.09 bits per heavy atom. The van der Waals surface area contributed by atoms with Gasteiger partial charge in [-0.05, 0) is 55.3 Å². The van der Waals surface area contributed by atoms with Crippen LogP contribution in [0.1, 0.15) is 28.4 Å². The number of nitrogens with one attached hydrogen (secondary N) is 3. The predicted molar refractivity (Wildman–Crippen MR) is 89.3 cm³/mol. The van der Waals surface area contributed by atoms with Gasteiger partial charge in [0, 0.05) is 36.7 Å². The molecular weight excluding hydrogens is 292 g/mol. The third kappa shape index (κ3) is 4.81. The standard InChI is InChI=1S/C17H20N4O2/c1-3-19-16(22)14-4-5-15(12(2)10-14)21-17(23)20-11-13-6-8-18-9-7-13/h4-10H,3,11H2,1-2H3,(H,19,22)(H2,20,21,23). The number of aromatic nitrogens is 1. The topological polar surface area (TPSA) is 83.1 Å². The van der Waals surface area contributed by atoms with Gasteiger partial charge in [-0.2, -0.15) is 0 Å². The second-order valence-electron chi connectivity index (χ2n) is 5.05. The summed E-state index contributed by atoms with van der Waals surface area (Å²) in [6, 6.07) is 8.56. The molecule has 0 aliphatic carbocycles. The van der Waals surface area contributed by atoms with Crippen LogP contribution in [0.25, 0.3) is 0 Å². The van der Waals surface area contributed by atoms with Crippen LogP contribution in [0.2, 0.25) is 0 Å². The molecule has 23 heavy (non-hydrogen) atoms. The molecule has 1 aromatic heterocycles. The van der Waals surface area contributed by atoms with Crippen LogP contribution < -0.4 is 16.0 Å². The van der Waals surface area contributed by atoms with Crippen molar-refractivity contribution in [3.8, 4) is 0 Å². The second-order valence-corrected chi connectivity index (χ2v) is 5.05. The summed E-state index contributed by atoms with van der Waals surface area (Å²) >= 11 is 0. The highest BCUT2D eigenvalue weighted by molar-refractivity contribution is 5.96. The molecule has 6 heteroatoms. The summed E-state index contributed by atoms with van der Waals surface area (Å²) in [5.41, 5.74) is 3.05. The van der Waals surface area contributed by atoms with E-state index in [-0.39, 0.29) is 11.9 Å². The number of nitrogens with zero attached hydrogens (tertiary/aromatic N) is 1. The van der Waals surface area contributed by atoms with Crippen LogP contribution in [0.5, 0.6) is 0 Å². The molecule has 2 rings (SSSR count). The van der Waals surface area contributed by atoms with Crippen molar-refractivity contribution in [2.75, 3.05) is 11.9 Å². The Bertz CT molecular complexity index is 686. The SMILES string of the molecule is CCNC(=O)c1ccc(NC(=O)NCc2ccncc2)c(C)c1. The van der Waals surface area contributed by atoms with Crippen LogP contribution in [0, 0.1) is 6.92 Å². The highest BCUT2D eigenvalue weighted by Gasteiger charge is 2.08. The molecule has 6 nitrogen and oxygen atoms in total. The lowest BCUT2D eigenvalue weighted by Crippen LogP contribution is -2.28. The van der Waals surface area contributed by atoms with Gasteiger partial charge in [0.2, 0.25) is 0 Å². The minimum Gasteiger partial charge on any atom is -0.352 e. The van der Waals surface area contributed by atoms with E-state index in [0.717, 1.165) is 11.1 Å². The molecule has 1 aromatic carbocycles. The van der Waals surface area contributed by atoms with Crippen LogP contribution in [0.4, 0.5) is 10.5 Å². The third-order valence-electron chi connectivity index (χ3n) is 3.28. The average Bonchev–Trinajstić information content (AvgIpc) is 2.56. The number of aryl methyl sites for hydroxylation is 1. The van der Waals surface area contributed by atoms with Crippen molar-refractivity contribution < 1.29 is 9.59 Å². The largest absolute Gasteiger partial charge is 0.352 e. The molecule has 0 saturated heterocycles. The third-order valence-corrected chi connectivity index (χ3v) is 3.28. The van der Waals surface area contributed by atoms with Crippen molar-refractivity contribution >= 4 is 17.6 Å². The molecule has 0 atom stereocenters. The van der Waals surface area contributed by atoms with Gasteiger partial charge >= 0.3 is 6.03 Å². The lowest BCUT2D eigenvalue weighted by Gasteiger charge is -2.11. The lowest BCUT2D eigenvalue weighted by molar-refractivity contribution is 0.0955. The fourth-order valence-corrected chi connectivity index (χ4v) is 2.06.